The van der Waals surface area contributed by atoms with Crippen LogP contribution in [0.3, 0.4) is 0 Å². The fraction of sp³-hybridized carbons (Fsp3) is 0.500. The van der Waals surface area contributed by atoms with Gasteiger partial charge in [-0.1, -0.05) is 11.6 Å². The summed E-state index contributed by atoms with van der Waals surface area (Å²) < 4.78 is 37.9. The third-order valence-electron chi connectivity index (χ3n) is 10.4. The fourth-order valence-corrected chi connectivity index (χ4v) is 8.48. The molecule has 0 saturated carbocycles. The van der Waals surface area contributed by atoms with E-state index in [1.807, 2.05) is 12.3 Å². The number of rotatable bonds is 3. The third-order valence-corrected chi connectivity index (χ3v) is 10.7. The summed E-state index contributed by atoms with van der Waals surface area (Å²) >= 11 is 6.86. The predicted octanol–water partition coefficient (Wildman–Crippen LogP) is 5.24. The number of halogens is 3. The molecule has 1 N–H and O–H groups in total. The van der Waals surface area contributed by atoms with Crippen LogP contribution in [-0.4, -0.2) is 89.5 Å². The van der Waals surface area contributed by atoms with Crippen molar-refractivity contribution in [3.05, 3.63) is 46.8 Å². The first-order valence-electron chi connectivity index (χ1n) is 16.1. The summed E-state index contributed by atoms with van der Waals surface area (Å²) in [4.78, 5) is 20.4. The van der Waals surface area contributed by atoms with Crippen molar-refractivity contribution in [1.29, 1.82) is 0 Å². The van der Waals surface area contributed by atoms with Gasteiger partial charge >= 0.3 is 6.01 Å². The molecule has 4 aromatic heterocycles. The van der Waals surface area contributed by atoms with Gasteiger partial charge in [-0.2, -0.15) is 30.1 Å². The molecule has 11 nitrogen and oxygen atoms in total. The number of fused-ring (bicyclic) bond motifs is 5. The van der Waals surface area contributed by atoms with Gasteiger partial charge in [0.05, 0.1) is 41.1 Å². The van der Waals surface area contributed by atoms with E-state index in [9.17, 15) is 4.39 Å². The van der Waals surface area contributed by atoms with E-state index in [2.05, 4.69) is 30.1 Å². The van der Waals surface area contributed by atoms with Crippen molar-refractivity contribution in [2.24, 2.45) is 0 Å². The van der Waals surface area contributed by atoms with Crippen LogP contribution in [0.2, 0.25) is 5.02 Å². The van der Waals surface area contributed by atoms with Crippen molar-refractivity contribution in [1.82, 2.24) is 45.0 Å². The summed E-state index contributed by atoms with van der Waals surface area (Å²) in [5, 5.41) is 18.3. The second-order valence-corrected chi connectivity index (χ2v) is 13.6. The van der Waals surface area contributed by atoms with E-state index in [0.29, 0.717) is 66.2 Å². The topological polar surface area (TPSA) is 114 Å². The number of hydrogen-bond donors (Lipinski definition) is 1. The number of pyridine rings is 1. The highest BCUT2D eigenvalue weighted by Crippen LogP contribution is 2.42. The van der Waals surface area contributed by atoms with E-state index in [1.165, 1.54) is 0 Å². The van der Waals surface area contributed by atoms with E-state index in [1.54, 1.807) is 17.2 Å². The zero-order valence-electron chi connectivity index (χ0n) is 25.2. The van der Waals surface area contributed by atoms with E-state index in [0.717, 1.165) is 55.4 Å². The zero-order chi connectivity index (χ0) is 31.0. The quantitative estimate of drug-likeness (QED) is 0.281. The summed E-state index contributed by atoms with van der Waals surface area (Å²) in [6, 6.07) is 1.90. The van der Waals surface area contributed by atoms with Crippen LogP contribution in [0.25, 0.3) is 33.1 Å². The lowest BCUT2D eigenvalue weighted by molar-refractivity contribution is 0.107. The van der Waals surface area contributed by atoms with Crippen molar-refractivity contribution in [2.75, 3.05) is 37.7 Å². The lowest BCUT2D eigenvalue weighted by atomic mass is 9.94. The molecule has 238 valence electrons. The normalized spacial score (nSPS) is 24.7. The number of H-pyrrole nitrogens is 1. The Bertz CT molecular complexity index is 1980. The molecule has 1 unspecified atom stereocenters. The van der Waals surface area contributed by atoms with Gasteiger partial charge in [-0.15, -0.1) is 0 Å². The highest BCUT2D eigenvalue weighted by Gasteiger charge is 2.49. The molecule has 0 amide bonds. The number of aromatic nitrogens is 8. The van der Waals surface area contributed by atoms with Gasteiger partial charge in [0.15, 0.2) is 5.82 Å². The third kappa shape index (κ3) is 4.53. The van der Waals surface area contributed by atoms with Gasteiger partial charge in [0, 0.05) is 54.1 Å². The largest absolute Gasteiger partial charge is 0.461 e. The average Bonchev–Trinajstić information content (AvgIpc) is 3.85. The lowest BCUT2D eigenvalue weighted by Crippen LogP contribution is -2.43. The Morgan fingerprint density at radius 3 is 2.93 bits per heavy atom. The highest BCUT2D eigenvalue weighted by atomic mass is 35.5. The van der Waals surface area contributed by atoms with Crippen molar-refractivity contribution in [2.45, 2.75) is 69.1 Å². The maximum absolute atomic E-state index is 17.0. The number of benzene rings is 1. The minimum Gasteiger partial charge on any atom is -0.461 e. The SMILES string of the molecule is Fc1c2ncc3c(nc(OC[C@@]45CCCN4C[C@H](F)C5)nc13)N1CCCC(C1)c1cnn(n1)CCCc1c(Cl)cc3[nH]ncc3c1-2. The maximum atomic E-state index is 17.0. The molecule has 14 heteroatoms. The zero-order valence-corrected chi connectivity index (χ0v) is 26.0. The summed E-state index contributed by atoms with van der Waals surface area (Å²) in [6.45, 7) is 3.48. The van der Waals surface area contributed by atoms with Gasteiger partial charge in [0.25, 0.3) is 0 Å². The Morgan fingerprint density at radius 2 is 2.00 bits per heavy atom. The van der Waals surface area contributed by atoms with Crippen LogP contribution >= 0.6 is 11.6 Å². The number of anilines is 1. The maximum Gasteiger partial charge on any atom is 0.319 e. The van der Waals surface area contributed by atoms with Gasteiger partial charge in [-0.25, -0.2) is 8.78 Å². The molecule has 10 rings (SSSR count). The number of nitrogens with one attached hydrogen (secondary N) is 1. The molecule has 3 atom stereocenters. The summed E-state index contributed by atoms with van der Waals surface area (Å²) in [6.07, 6.45) is 9.70. The number of ether oxygens (including phenoxy) is 1. The lowest BCUT2D eigenvalue weighted by Gasteiger charge is -2.34. The van der Waals surface area contributed by atoms with Crippen LogP contribution in [0.5, 0.6) is 6.01 Å². The molecule has 3 saturated heterocycles. The van der Waals surface area contributed by atoms with Crippen molar-refractivity contribution < 1.29 is 13.5 Å². The number of aromatic amines is 1. The van der Waals surface area contributed by atoms with Crippen LogP contribution < -0.4 is 9.64 Å². The van der Waals surface area contributed by atoms with Crippen LogP contribution in [0, 0.1) is 5.82 Å². The Kier molecular flexibility index (Phi) is 6.64. The summed E-state index contributed by atoms with van der Waals surface area (Å²) in [7, 11) is 0. The number of piperidine rings is 1. The van der Waals surface area contributed by atoms with Gasteiger partial charge < -0.3 is 9.64 Å². The highest BCUT2D eigenvalue weighted by molar-refractivity contribution is 6.33. The molecule has 9 heterocycles. The molecular weight excluding hydrogens is 614 g/mol. The molecule has 8 bridgehead atoms. The monoisotopic (exact) mass is 646 g/mol. The number of alkyl halides is 1. The molecule has 5 aliphatic rings. The molecule has 1 aromatic carbocycles. The van der Waals surface area contributed by atoms with Crippen LogP contribution in [0.1, 0.15) is 55.7 Å². The molecular formula is C32H33ClF2N10O. The van der Waals surface area contributed by atoms with Crippen molar-refractivity contribution in [3.8, 4) is 17.3 Å². The second kappa shape index (κ2) is 10.8. The standard InChI is InChI=1S/C32H33ClF2N10O/c33-23-10-24-21(13-37-41-24)26-20(23)5-2-9-45-38-14-25(42-45)18-4-1-7-43(15-18)30-22-12-36-29(26)27(35)28(22)39-31(40-30)46-17-32-6-3-8-44(32)16-19(34)11-32/h10,12-14,18-19H,1-9,11,15-17H2,(H,37,41)/t18?,19-,32+/m1/s1. The Morgan fingerprint density at radius 1 is 1.07 bits per heavy atom. The molecule has 0 radical (unpaired) electrons. The summed E-state index contributed by atoms with van der Waals surface area (Å²) in [5.74, 6) is 0.134. The van der Waals surface area contributed by atoms with Crippen LogP contribution in [0.15, 0.2) is 24.7 Å². The first-order valence-corrected chi connectivity index (χ1v) is 16.5. The van der Waals surface area contributed by atoms with Gasteiger partial charge in [0.2, 0.25) is 0 Å². The molecule has 5 aromatic rings. The minimum atomic E-state index is -0.884. The minimum absolute atomic E-state index is 0.0797. The first-order chi connectivity index (χ1) is 22.5. The van der Waals surface area contributed by atoms with Crippen LogP contribution in [0.4, 0.5) is 14.6 Å². The summed E-state index contributed by atoms with van der Waals surface area (Å²) in [5.41, 5.74) is 2.85. The van der Waals surface area contributed by atoms with E-state index in [4.69, 9.17) is 31.4 Å². The van der Waals surface area contributed by atoms with Crippen molar-refractivity contribution >= 4 is 39.2 Å². The Labute approximate surface area is 268 Å². The average molecular weight is 647 g/mol. The molecule has 5 aliphatic heterocycles. The number of hydrogen-bond acceptors (Lipinski definition) is 9. The number of aryl methyl sites for hydroxylation is 1. The van der Waals surface area contributed by atoms with Gasteiger partial charge in [0.1, 0.15) is 29.8 Å². The molecule has 46 heavy (non-hydrogen) atoms. The van der Waals surface area contributed by atoms with Crippen molar-refractivity contribution in [3.63, 3.8) is 0 Å². The van der Waals surface area contributed by atoms with Gasteiger partial charge in [-0.05, 0) is 56.7 Å². The smallest absolute Gasteiger partial charge is 0.319 e. The van der Waals surface area contributed by atoms with Crippen LogP contribution in [-0.2, 0) is 13.0 Å². The molecule has 0 spiro atoms. The van der Waals surface area contributed by atoms with E-state index < -0.39 is 17.5 Å². The second-order valence-electron chi connectivity index (χ2n) is 13.2. The number of nitrogens with zero attached hydrogens (tertiary/aromatic N) is 9. The van der Waals surface area contributed by atoms with Gasteiger partial charge in [-0.3, -0.25) is 15.0 Å². The molecule has 3 fully saturated rings. The Balaban J connectivity index is 1.23. The molecule has 0 aliphatic carbocycles. The predicted molar refractivity (Wildman–Crippen MR) is 168 cm³/mol. The first kappa shape index (κ1) is 28.3. The van der Waals surface area contributed by atoms with E-state index >= 15 is 4.39 Å². The fourth-order valence-electron chi connectivity index (χ4n) is 8.18. The Hall–Kier alpha value is -3.97. The van der Waals surface area contributed by atoms with E-state index in [-0.39, 0.29) is 29.7 Å².